The molecule has 2 N–H and O–H groups in total. The highest BCUT2D eigenvalue weighted by molar-refractivity contribution is 7.99. The van der Waals surface area contributed by atoms with Crippen molar-refractivity contribution < 1.29 is 14.7 Å². The van der Waals surface area contributed by atoms with Crippen molar-refractivity contribution in [3.63, 3.8) is 0 Å². The van der Waals surface area contributed by atoms with Crippen molar-refractivity contribution in [3.8, 4) is 0 Å². The van der Waals surface area contributed by atoms with E-state index < -0.39 is 17.9 Å². The lowest BCUT2D eigenvalue weighted by Gasteiger charge is -2.19. The van der Waals surface area contributed by atoms with Gasteiger partial charge in [-0.15, -0.1) is 11.8 Å². The number of nitrogens with one attached hydrogen (secondary N) is 1. The molecule has 1 aliphatic heterocycles. The highest BCUT2D eigenvalue weighted by Crippen LogP contribution is 2.22. The van der Waals surface area contributed by atoms with Crippen LogP contribution in [0.1, 0.15) is 10.5 Å². The summed E-state index contributed by atoms with van der Waals surface area (Å²) in [6, 6.07) is 3.40. The highest BCUT2D eigenvalue weighted by atomic mass is 32.2. The van der Waals surface area contributed by atoms with Crippen molar-refractivity contribution in [2.75, 3.05) is 11.6 Å². The Bertz CT molecular complexity index is 513. The number of carbonyl (C=O) groups excluding carboxylic acids is 1. The minimum absolute atomic E-state index is 0.117. The topological polar surface area (TPSA) is 90.5 Å². The second kappa shape index (κ2) is 4.62. The molecule has 0 radical (unpaired) electrons. The van der Waals surface area contributed by atoms with Crippen LogP contribution < -0.4 is 5.56 Å². The number of aromatic amines is 1. The number of carboxylic acid groups (broad SMARTS) is 1. The summed E-state index contributed by atoms with van der Waals surface area (Å²) >= 11 is 1.38. The molecule has 0 aromatic carbocycles. The number of H-pyrrole nitrogens is 1. The molecule has 0 aliphatic carbocycles. The highest BCUT2D eigenvalue weighted by Gasteiger charge is 2.35. The van der Waals surface area contributed by atoms with E-state index in [1.54, 1.807) is 0 Å². The number of carboxylic acids is 1. The van der Waals surface area contributed by atoms with Crippen molar-refractivity contribution in [2.45, 2.75) is 6.04 Å². The number of hydrogen-bond acceptors (Lipinski definition) is 4. The molecule has 1 aromatic heterocycles. The van der Waals surface area contributed by atoms with Crippen molar-refractivity contribution in [1.29, 1.82) is 0 Å². The molecule has 1 saturated heterocycles. The maximum atomic E-state index is 12.0. The largest absolute Gasteiger partial charge is 0.480 e. The number of hydrogen-bond donors (Lipinski definition) is 2. The van der Waals surface area contributed by atoms with Gasteiger partial charge < -0.3 is 15.0 Å². The number of nitrogens with zero attached hydrogens (tertiary/aromatic N) is 1. The van der Waals surface area contributed by atoms with Gasteiger partial charge in [0.1, 0.15) is 11.7 Å². The lowest BCUT2D eigenvalue weighted by atomic mass is 10.2. The smallest absolute Gasteiger partial charge is 0.327 e. The van der Waals surface area contributed by atoms with Gasteiger partial charge >= 0.3 is 5.97 Å². The number of amides is 1. The Hall–Kier alpha value is -1.76. The molecule has 1 fully saturated rings. The Morgan fingerprint density at radius 2 is 2.24 bits per heavy atom. The number of pyridine rings is 1. The molecular formula is C10H10N2O4S. The summed E-state index contributed by atoms with van der Waals surface area (Å²) in [6.45, 7) is 0. The third-order valence-electron chi connectivity index (χ3n) is 2.43. The Morgan fingerprint density at radius 1 is 1.47 bits per heavy atom. The fourth-order valence-corrected chi connectivity index (χ4v) is 2.72. The van der Waals surface area contributed by atoms with E-state index in [1.165, 1.54) is 34.9 Å². The Kier molecular flexibility index (Phi) is 3.19. The van der Waals surface area contributed by atoms with E-state index in [9.17, 15) is 14.4 Å². The molecule has 17 heavy (non-hydrogen) atoms. The monoisotopic (exact) mass is 254 g/mol. The lowest BCUT2D eigenvalue weighted by Crippen LogP contribution is -2.42. The quantitative estimate of drug-likeness (QED) is 0.773. The SMILES string of the molecule is O=C(O)[C@@H]1CSCN1C(=O)c1cccc(=O)[nH]1. The molecule has 2 heterocycles. The zero-order chi connectivity index (χ0) is 12.4. The van der Waals surface area contributed by atoms with Gasteiger partial charge in [-0.1, -0.05) is 6.07 Å². The molecule has 6 nitrogen and oxygen atoms in total. The molecule has 0 spiro atoms. The summed E-state index contributed by atoms with van der Waals surface area (Å²) in [5.74, 6) is -0.785. The summed E-state index contributed by atoms with van der Waals surface area (Å²) in [5.41, 5.74) is -0.263. The van der Waals surface area contributed by atoms with Gasteiger partial charge in [0.15, 0.2) is 0 Å². The first-order valence-electron chi connectivity index (χ1n) is 4.90. The van der Waals surface area contributed by atoms with Gasteiger partial charge in [-0.3, -0.25) is 9.59 Å². The van der Waals surface area contributed by atoms with E-state index in [1.807, 2.05) is 0 Å². The molecule has 0 bridgehead atoms. The van der Waals surface area contributed by atoms with E-state index in [2.05, 4.69) is 4.98 Å². The maximum absolute atomic E-state index is 12.0. The first-order chi connectivity index (χ1) is 8.09. The molecule has 0 saturated carbocycles. The van der Waals surface area contributed by atoms with Crippen molar-refractivity contribution in [1.82, 2.24) is 9.88 Å². The van der Waals surface area contributed by atoms with Crippen LogP contribution in [-0.2, 0) is 4.79 Å². The predicted octanol–water partition coefficient (Wildman–Crippen LogP) is -0.0254. The van der Waals surface area contributed by atoms with Crippen LogP contribution >= 0.6 is 11.8 Å². The molecule has 0 unspecified atom stereocenters. The average molecular weight is 254 g/mol. The van der Waals surface area contributed by atoms with E-state index in [-0.39, 0.29) is 11.3 Å². The Balaban J connectivity index is 2.26. The minimum Gasteiger partial charge on any atom is -0.480 e. The van der Waals surface area contributed by atoms with Crippen LogP contribution in [0.25, 0.3) is 0 Å². The van der Waals surface area contributed by atoms with E-state index in [4.69, 9.17) is 5.11 Å². The van der Waals surface area contributed by atoms with Crippen LogP contribution in [0.4, 0.5) is 0 Å². The van der Waals surface area contributed by atoms with Crippen LogP contribution in [0.5, 0.6) is 0 Å². The number of thioether (sulfide) groups is 1. The molecule has 1 aromatic rings. The zero-order valence-electron chi connectivity index (χ0n) is 8.75. The van der Waals surface area contributed by atoms with Gasteiger partial charge in [0.05, 0.1) is 5.88 Å². The molecule has 2 rings (SSSR count). The standard InChI is InChI=1S/C10H10N2O4S/c13-8-3-1-2-6(11-8)9(14)12-5-17-4-7(12)10(15)16/h1-3,7H,4-5H2,(H,11,13)(H,15,16)/t7-/m0/s1. The second-order valence-corrected chi connectivity index (χ2v) is 4.56. The minimum atomic E-state index is -1.03. The van der Waals surface area contributed by atoms with Crippen LogP contribution in [0.2, 0.25) is 0 Å². The van der Waals surface area contributed by atoms with Crippen molar-refractivity contribution in [2.24, 2.45) is 0 Å². The summed E-state index contributed by atoms with van der Waals surface area (Å²) in [4.78, 5) is 37.6. The zero-order valence-corrected chi connectivity index (χ0v) is 9.57. The van der Waals surface area contributed by atoms with Crippen molar-refractivity contribution in [3.05, 3.63) is 34.2 Å². The summed E-state index contributed by atoms with van der Waals surface area (Å²) in [6.07, 6.45) is 0. The fourth-order valence-electron chi connectivity index (χ4n) is 1.57. The van der Waals surface area contributed by atoms with Gasteiger partial charge in [0, 0.05) is 11.8 Å². The van der Waals surface area contributed by atoms with Gasteiger partial charge in [-0.2, -0.15) is 0 Å². The first-order valence-corrected chi connectivity index (χ1v) is 6.06. The third kappa shape index (κ3) is 2.33. The van der Waals surface area contributed by atoms with Gasteiger partial charge in [0.25, 0.3) is 5.91 Å². The predicted molar refractivity (Wildman–Crippen MR) is 62.0 cm³/mol. The molecule has 7 heteroatoms. The van der Waals surface area contributed by atoms with E-state index in [0.717, 1.165) is 0 Å². The fraction of sp³-hybridized carbons (Fsp3) is 0.300. The third-order valence-corrected chi connectivity index (χ3v) is 3.44. The summed E-state index contributed by atoms with van der Waals surface area (Å²) in [5, 5.41) is 8.95. The van der Waals surface area contributed by atoms with Gasteiger partial charge in [-0.25, -0.2) is 4.79 Å². The number of carbonyl (C=O) groups is 2. The van der Waals surface area contributed by atoms with Crippen LogP contribution in [0, 0.1) is 0 Å². The molecule has 90 valence electrons. The normalized spacial score (nSPS) is 19.3. The maximum Gasteiger partial charge on any atom is 0.327 e. The second-order valence-electron chi connectivity index (χ2n) is 3.56. The number of rotatable bonds is 2. The molecule has 1 atom stereocenters. The molecule has 1 aliphatic rings. The van der Waals surface area contributed by atoms with Gasteiger partial charge in [0.2, 0.25) is 5.56 Å². The van der Waals surface area contributed by atoms with Crippen LogP contribution in [-0.4, -0.2) is 44.5 Å². The molecular weight excluding hydrogens is 244 g/mol. The van der Waals surface area contributed by atoms with Gasteiger partial charge in [-0.05, 0) is 6.07 Å². The molecule has 1 amide bonds. The summed E-state index contributed by atoms with van der Waals surface area (Å²) in [7, 11) is 0. The summed E-state index contributed by atoms with van der Waals surface area (Å²) < 4.78 is 0. The number of aromatic nitrogens is 1. The van der Waals surface area contributed by atoms with E-state index in [0.29, 0.717) is 11.6 Å². The lowest BCUT2D eigenvalue weighted by molar-refractivity contribution is -0.140. The van der Waals surface area contributed by atoms with E-state index >= 15 is 0 Å². The Labute approximate surface area is 101 Å². The number of aliphatic carboxylic acids is 1. The van der Waals surface area contributed by atoms with Crippen LogP contribution in [0.15, 0.2) is 23.0 Å². The Morgan fingerprint density at radius 3 is 2.88 bits per heavy atom. The van der Waals surface area contributed by atoms with Crippen molar-refractivity contribution >= 4 is 23.6 Å². The average Bonchev–Trinajstić information content (AvgIpc) is 2.77. The van der Waals surface area contributed by atoms with Crippen LogP contribution in [0.3, 0.4) is 0 Å². The first kappa shape index (κ1) is 11.7.